The predicted octanol–water partition coefficient (Wildman–Crippen LogP) is 1.33. The molecule has 0 amide bonds. The summed E-state index contributed by atoms with van der Waals surface area (Å²) in [6, 6.07) is 0. The molecule has 0 aromatic rings. The van der Waals surface area contributed by atoms with Crippen molar-refractivity contribution in [1.29, 1.82) is 0 Å². The first-order valence-electron chi connectivity index (χ1n) is 5.27. The van der Waals surface area contributed by atoms with Crippen LogP contribution in [0.1, 0.15) is 26.2 Å². The molecule has 0 spiro atoms. The fourth-order valence-electron chi connectivity index (χ4n) is 1.58. The molecule has 1 aliphatic heterocycles. The molecule has 0 bridgehead atoms. The van der Waals surface area contributed by atoms with Gasteiger partial charge in [-0.3, -0.25) is 9.69 Å². The molecule has 0 aromatic carbocycles. The summed E-state index contributed by atoms with van der Waals surface area (Å²) in [4.78, 5) is 13.4. The van der Waals surface area contributed by atoms with Crippen molar-refractivity contribution in [1.82, 2.24) is 4.90 Å². The molecule has 1 unspecified atom stereocenters. The van der Waals surface area contributed by atoms with Crippen molar-refractivity contribution < 1.29 is 9.53 Å². The van der Waals surface area contributed by atoms with Crippen LogP contribution < -0.4 is 0 Å². The van der Waals surface area contributed by atoms with Crippen LogP contribution in [0.4, 0.5) is 0 Å². The van der Waals surface area contributed by atoms with Crippen molar-refractivity contribution in [2.24, 2.45) is 0 Å². The molecule has 1 heterocycles. The summed E-state index contributed by atoms with van der Waals surface area (Å²) in [6.07, 6.45) is 3.89. The average molecular weight is 217 g/mol. The molecular formula is C10H19NO2S. The molecule has 14 heavy (non-hydrogen) atoms. The third kappa shape index (κ3) is 4.33. The van der Waals surface area contributed by atoms with Gasteiger partial charge in [0.25, 0.3) is 0 Å². The highest BCUT2D eigenvalue weighted by atomic mass is 32.1. The number of hydrogen-bond acceptors (Lipinski definition) is 4. The maximum atomic E-state index is 11.1. The molecular weight excluding hydrogens is 198 g/mol. The zero-order chi connectivity index (χ0) is 10.4. The number of nitrogens with zero attached hydrogens (tertiary/aromatic N) is 1. The van der Waals surface area contributed by atoms with Gasteiger partial charge < -0.3 is 4.74 Å². The highest BCUT2D eigenvalue weighted by Gasteiger charge is 2.12. The maximum absolute atomic E-state index is 11.1. The van der Waals surface area contributed by atoms with Crippen LogP contribution >= 0.6 is 12.6 Å². The van der Waals surface area contributed by atoms with Gasteiger partial charge in [-0.15, -0.1) is 0 Å². The lowest BCUT2D eigenvalue weighted by Crippen LogP contribution is -2.33. The van der Waals surface area contributed by atoms with Gasteiger partial charge in [-0.2, -0.15) is 12.6 Å². The highest BCUT2D eigenvalue weighted by Crippen LogP contribution is 2.07. The van der Waals surface area contributed by atoms with Gasteiger partial charge in [-0.1, -0.05) is 6.42 Å². The van der Waals surface area contributed by atoms with E-state index in [1.165, 1.54) is 19.3 Å². The van der Waals surface area contributed by atoms with Gasteiger partial charge in [-0.25, -0.2) is 0 Å². The minimum absolute atomic E-state index is 0.217. The Kier molecular flexibility index (Phi) is 5.33. The van der Waals surface area contributed by atoms with Gasteiger partial charge >= 0.3 is 5.97 Å². The van der Waals surface area contributed by atoms with Gasteiger partial charge in [0, 0.05) is 6.54 Å². The minimum atomic E-state index is -0.309. The molecule has 4 heteroatoms. The molecule has 1 saturated heterocycles. The van der Waals surface area contributed by atoms with Crippen molar-refractivity contribution in [2.45, 2.75) is 31.4 Å². The molecule has 82 valence electrons. The first kappa shape index (κ1) is 11.9. The van der Waals surface area contributed by atoms with E-state index in [9.17, 15) is 4.79 Å². The third-order valence-electron chi connectivity index (χ3n) is 2.44. The lowest BCUT2D eigenvalue weighted by Gasteiger charge is -2.26. The van der Waals surface area contributed by atoms with Crippen LogP contribution in [-0.2, 0) is 9.53 Å². The number of thiol groups is 1. The SMILES string of the molecule is CC(S)C(=O)OCCN1CCCCC1. The normalized spacial score (nSPS) is 20.4. The Morgan fingerprint density at radius 2 is 2.07 bits per heavy atom. The van der Waals surface area contributed by atoms with E-state index in [0.717, 1.165) is 19.6 Å². The largest absolute Gasteiger partial charge is 0.464 e. The van der Waals surface area contributed by atoms with Gasteiger partial charge in [-0.05, 0) is 32.9 Å². The highest BCUT2D eigenvalue weighted by molar-refractivity contribution is 7.81. The standard InChI is InChI=1S/C10H19NO2S/c1-9(14)10(12)13-8-7-11-5-3-2-4-6-11/h9,14H,2-8H2,1H3. The molecule has 0 N–H and O–H groups in total. The lowest BCUT2D eigenvalue weighted by atomic mass is 10.1. The number of rotatable bonds is 4. The fourth-order valence-corrected chi connectivity index (χ4v) is 1.65. The predicted molar refractivity (Wildman–Crippen MR) is 59.7 cm³/mol. The summed E-state index contributed by atoms with van der Waals surface area (Å²) < 4.78 is 5.05. The molecule has 1 aliphatic rings. The van der Waals surface area contributed by atoms with Crippen LogP contribution in [0.2, 0.25) is 0 Å². The van der Waals surface area contributed by atoms with Gasteiger partial charge in [0.15, 0.2) is 0 Å². The zero-order valence-electron chi connectivity index (χ0n) is 8.74. The lowest BCUT2D eigenvalue weighted by molar-refractivity contribution is -0.143. The first-order valence-corrected chi connectivity index (χ1v) is 5.79. The Bertz CT molecular complexity index is 179. The topological polar surface area (TPSA) is 29.5 Å². The van der Waals surface area contributed by atoms with E-state index >= 15 is 0 Å². The third-order valence-corrected chi connectivity index (χ3v) is 2.65. The molecule has 0 saturated carbocycles. The molecule has 1 rings (SSSR count). The van der Waals surface area contributed by atoms with E-state index in [0.29, 0.717) is 6.61 Å². The maximum Gasteiger partial charge on any atom is 0.318 e. The second kappa shape index (κ2) is 6.30. The van der Waals surface area contributed by atoms with Crippen LogP contribution in [0.15, 0.2) is 0 Å². The number of likely N-dealkylation sites (tertiary alicyclic amines) is 1. The number of hydrogen-bond donors (Lipinski definition) is 1. The van der Waals surface area contributed by atoms with Crippen LogP contribution in [0.5, 0.6) is 0 Å². The molecule has 3 nitrogen and oxygen atoms in total. The Hall–Kier alpha value is -0.220. The minimum Gasteiger partial charge on any atom is -0.464 e. The second-order valence-corrected chi connectivity index (χ2v) is 4.52. The van der Waals surface area contributed by atoms with E-state index in [-0.39, 0.29) is 11.2 Å². The first-order chi connectivity index (χ1) is 6.70. The summed E-state index contributed by atoms with van der Waals surface area (Å²) in [5.74, 6) is -0.217. The smallest absolute Gasteiger partial charge is 0.318 e. The monoisotopic (exact) mass is 217 g/mol. The van der Waals surface area contributed by atoms with Crippen LogP contribution in [0.3, 0.4) is 0 Å². The Balaban J connectivity index is 2.05. The quantitative estimate of drug-likeness (QED) is 0.569. The summed E-state index contributed by atoms with van der Waals surface area (Å²) >= 11 is 4.00. The zero-order valence-corrected chi connectivity index (χ0v) is 9.63. The van der Waals surface area contributed by atoms with Gasteiger partial charge in [0.2, 0.25) is 0 Å². The number of carbonyl (C=O) groups is 1. The Morgan fingerprint density at radius 1 is 1.43 bits per heavy atom. The van der Waals surface area contributed by atoms with Crippen LogP contribution in [-0.4, -0.2) is 42.4 Å². The number of ether oxygens (including phenoxy) is 1. The summed E-state index contributed by atoms with van der Waals surface area (Å²) in [7, 11) is 0. The van der Waals surface area contributed by atoms with Crippen LogP contribution in [0, 0.1) is 0 Å². The van der Waals surface area contributed by atoms with E-state index in [1.807, 2.05) is 0 Å². The van der Waals surface area contributed by atoms with Crippen molar-refractivity contribution in [3.05, 3.63) is 0 Å². The fraction of sp³-hybridized carbons (Fsp3) is 0.900. The molecule has 1 fully saturated rings. The summed E-state index contributed by atoms with van der Waals surface area (Å²) in [5.41, 5.74) is 0. The molecule has 0 aromatic heterocycles. The van der Waals surface area contributed by atoms with E-state index in [4.69, 9.17) is 4.74 Å². The summed E-state index contributed by atoms with van der Waals surface area (Å²) in [5, 5.41) is -0.309. The van der Waals surface area contributed by atoms with E-state index < -0.39 is 0 Å². The second-order valence-electron chi connectivity index (χ2n) is 3.75. The Labute approximate surface area is 91.2 Å². The van der Waals surface area contributed by atoms with Gasteiger partial charge in [0.1, 0.15) is 6.61 Å². The van der Waals surface area contributed by atoms with Crippen molar-refractivity contribution in [2.75, 3.05) is 26.2 Å². The number of carbonyl (C=O) groups excluding carboxylic acids is 1. The number of piperidine rings is 1. The van der Waals surface area contributed by atoms with Crippen molar-refractivity contribution in [3.8, 4) is 0 Å². The molecule has 0 aliphatic carbocycles. The number of esters is 1. The average Bonchev–Trinajstić information content (AvgIpc) is 2.19. The van der Waals surface area contributed by atoms with E-state index in [1.54, 1.807) is 6.92 Å². The van der Waals surface area contributed by atoms with Crippen molar-refractivity contribution >= 4 is 18.6 Å². The van der Waals surface area contributed by atoms with Crippen molar-refractivity contribution in [3.63, 3.8) is 0 Å². The van der Waals surface area contributed by atoms with Crippen LogP contribution in [0.25, 0.3) is 0 Å². The van der Waals surface area contributed by atoms with E-state index in [2.05, 4.69) is 17.5 Å². The summed E-state index contributed by atoms with van der Waals surface area (Å²) in [6.45, 7) is 5.39. The van der Waals surface area contributed by atoms with Gasteiger partial charge in [0.05, 0.1) is 5.25 Å². The Morgan fingerprint density at radius 3 is 2.64 bits per heavy atom. The molecule has 0 radical (unpaired) electrons. The molecule has 1 atom stereocenters.